The van der Waals surface area contributed by atoms with Crippen molar-refractivity contribution in [2.75, 3.05) is 16.8 Å². The van der Waals surface area contributed by atoms with E-state index in [1.54, 1.807) is 0 Å². The van der Waals surface area contributed by atoms with Gasteiger partial charge in [0.25, 0.3) is 0 Å². The normalized spacial score (nSPS) is 9.50. The average molecular weight is 234 g/mol. The summed E-state index contributed by atoms with van der Waals surface area (Å²) < 4.78 is 0. The second kappa shape index (κ2) is 6.91. The summed E-state index contributed by atoms with van der Waals surface area (Å²) in [6, 6.07) is 9.78. The fourth-order valence-corrected chi connectivity index (χ4v) is 1.71. The lowest BCUT2D eigenvalue weighted by molar-refractivity contribution is -0.113. The number of nitriles is 1. The number of thioether (sulfide) groups is 1. The lowest BCUT2D eigenvalue weighted by Crippen LogP contribution is -2.14. The Hall–Kier alpha value is -1.47. The molecule has 3 nitrogen and oxygen atoms in total. The zero-order valence-electron chi connectivity index (χ0n) is 9.19. The van der Waals surface area contributed by atoms with E-state index in [1.165, 1.54) is 17.3 Å². The van der Waals surface area contributed by atoms with Gasteiger partial charge in [-0.05, 0) is 24.1 Å². The quantitative estimate of drug-likeness (QED) is 0.796. The van der Waals surface area contributed by atoms with Crippen LogP contribution >= 0.6 is 11.8 Å². The van der Waals surface area contributed by atoms with Crippen molar-refractivity contribution >= 4 is 23.4 Å². The molecule has 1 aromatic rings. The standard InChI is InChI=1S/C12H14N2OS/c1-2-10-4-3-5-11(8-10)14-12(15)9-16-7-6-13/h3-5,8H,2,7,9H2,1H3,(H,14,15). The zero-order valence-corrected chi connectivity index (χ0v) is 10.0. The summed E-state index contributed by atoms with van der Waals surface area (Å²) in [5.74, 6) is 0.611. The van der Waals surface area contributed by atoms with E-state index < -0.39 is 0 Å². The third kappa shape index (κ3) is 4.37. The minimum atomic E-state index is -0.0616. The number of rotatable bonds is 5. The van der Waals surface area contributed by atoms with Crippen LogP contribution < -0.4 is 5.32 Å². The predicted molar refractivity (Wildman–Crippen MR) is 67.4 cm³/mol. The number of carbonyl (C=O) groups is 1. The van der Waals surface area contributed by atoms with Gasteiger partial charge in [0.1, 0.15) is 0 Å². The van der Waals surface area contributed by atoms with Gasteiger partial charge in [-0.25, -0.2) is 0 Å². The van der Waals surface area contributed by atoms with Crippen LogP contribution in [0.15, 0.2) is 24.3 Å². The Bertz CT molecular complexity index is 398. The number of hydrogen-bond acceptors (Lipinski definition) is 3. The molecule has 0 aliphatic carbocycles. The molecule has 0 bridgehead atoms. The van der Waals surface area contributed by atoms with Crippen LogP contribution in [0.3, 0.4) is 0 Å². The molecule has 0 spiro atoms. The molecular formula is C12H14N2OS. The van der Waals surface area contributed by atoms with E-state index in [-0.39, 0.29) is 5.91 Å². The predicted octanol–water partition coefficient (Wildman–Crippen LogP) is 2.44. The Balaban J connectivity index is 2.46. The third-order valence-corrected chi connectivity index (χ3v) is 2.82. The first-order valence-corrected chi connectivity index (χ1v) is 6.25. The number of amides is 1. The van der Waals surface area contributed by atoms with Crippen LogP contribution in [0, 0.1) is 11.3 Å². The molecular weight excluding hydrogens is 220 g/mol. The van der Waals surface area contributed by atoms with Gasteiger partial charge in [0.2, 0.25) is 5.91 Å². The highest BCUT2D eigenvalue weighted by atomic mass is 32.2. The van der Waals surface area contributed by atoms with E-state index in [1.807, 2.05) is 30.3 Å². The molecule has 0 radical (unpaired) electrons. The molecule has 0 atom stereocenters. The lowest BCUT2D eigenvalue weighted by atomic mass is 10.1. The molecule has 0 heterocycles. The Labute approximate surface area is 99.8 Å². The fraction of sp³-hybridized carbons (Fsp3) is 0.333. The number of hydrogen-bond donors (Lipinski definition) is 1. The minimum Gasteiger partial charge on any atom is -0.325 e. The van der Waals surface area contributed by atoms with Gasteiger partial charge in [-0.1, -0.05) is 19.1 Å². The highest BCUT2D eigenvalue weighted by Gasteiger charge is 2.02. The maximum absolute atomic E-state index is 11.4. The minimum absolute atomic E-state index is 0.0616. The molecule has 0 aromatic heterocycles. The largest absolute Gasteiger partial charge is 0.325 e. The maximum Gasteiger partial charge on any atom is 0.234 e. The van der Waals surface area contributed by atoms with E-state index >= 15 is 0 Å². The summed E-state index contributed by atoms with van der Waals surface area (Å²) in [6.07, 6.45) is 0.951. The molecule has 0 unspecified atom stereocenters. The van der Waals surface area contributed by atoms with Crippen molar-refractivity contribution in [3.63, 3.8) is 0 Å². The number of aryl methyl sites for hydroxylation is 1. The van der Waals surface area contributed by atoms with Crippen molar-refractivity contribution in [1.82, 2.24) is 0 Å². The third-order valence-electron chi connectivity index (χ3n) is 2.02. The number of carbonyl (C=O) groups excluding carboxylic acids is 1. The van der Waals surface area contributed by atoms with E-state index in [2.05, 4.69) is 12.2 Å². The van der Waals surface area contributed by atoms with Crippen molar-refractivity contribution in [3.05, 3.63) is 29.8 Å². The van der Waals surface area contributed by atoms with E-state index in [4.69, 9.17) is 5.26 Å². The highest BCUT2D eigenvalue weighted by Crippen LogP contribution is 2.11. The molecule has 1 aromatic carbocycles. The van der Waals surface area contributed by atoms with Crippen LogP contribution in [0.2, 0.25) is 0 Å². The molecule has 4 heteroatoms. The van der Waals surface area contributed by atoms with Crippen molar-refractivity contribution < 1.29 is 4.79 Å². The van der Waals surface area contributed by atoms with Crippen molar-refractivity contribution in [2.45, 2.75) is 13.3 Å². The highest BCUT2D eigenvalue weighted by molar-refractivity contribution is 8.00. The number of nitrogens with one attached hydrogen (secondary N) is 1. The van der Waals surface area contributed by atoms with Crippen LogP contribution in [0.25, 0.3) is 0 Å². The van der Waals surface area contributed by atoms with E-state index in [9.17, 15) is 4.79 Å². The van der Waals surface area contributed by atoms with Gasteiger partial charge in [0.15, 0.2) is 0 Å². The monoisotopic (exact) mass is 234 g/mol. The van der Waals surface area contributed by atoms with Gasteiger partial charge in [0.05, 0.1) is 17.6 Å². The average Bonchev–Trinajstić information content (AvgIpc) is 2.29. The first-order chi connectivity index (χ1) is 7.76. The van der Waals surface area contributed by atoms with Crippen molar-refractivity contribution in [3.8, 4) is 6.07 Å². The molecule has 0 fully saturated rings. The molecule has 1 amide bonds. The zero-order chi connectivity index (χ0) is 11.8. The smallest absolute Gasteiger partial charge is 0.234 e. The summed E-state index contributed by atoms with van der Waals surface area (Å²) in [5, 5.41) is 11.1. The van der Waals surface area contributed by atoms with Crippen molar-refractivity contribution in [2.24, 2.45) is 0 Å². The Morgan fingerprint density at radius 3 is 3.06 bits per heavy atom. The van der Waals surface area contributed by atoms with E-state index in [0.29, 0.717) is 11.5 Å². The van der Waals surface area contributed by atoms with Gasteiger partial charge < -0.3 is 5.32 Å². The van der Waals surface area contributed by atoms with Crippen LogP contribution in [-0.2, 0) is 11.2 Å². The first-order valence-electron chi connectivity index (χ1n) is 5.09. The summed E-state index contributed by atoms with van der Waals surface area (Å²) >= 11 is 1.32. The molecule has 1 N–H and O–H groups in total. The van der Waals surface area contributed by atoms with Crippen LogP contribution in [0.5, 0.6) is 0 Å². The first kappa shape index (κ1) is 12.6. The van der Waals surface area contributed by atoms with Gasteiger partial charge in [-0.2, -0.15) is 5.26 Å². The van der Waals surface area contributed by atoms with Crippen LogP contribution in [0.1, 0.15) is 12.5 Å². The summed E-state index contributed by atoms with van der Waals surface area (Å²) in [5.41, 5.74) is 2.02. The lowest BCUT2D eigenvalue weighted by Gasteiger charge is -2.05. The fourth-order valence-electron chi connectivity index (χ4n) is 1.26. The topological polar surface area (TPSA) is 52.9 Å². The summed E-state index contributed by atoms with van der Waals surface area (Å²) in [7, 11) is 0. The summed E-state index contributed by atoms with van der Waals surface area (Å²) in [4.78, 5) is 11.4. The molecule has 16 heavy (non-hydrogen) atoms. The second-order valence-corrected chi connectivity index (χ2v) is 4.24. The van der Waals surface area contributed by atoms with Gasteiger partial charge in [-0.15, -0.1) is 11.8 Å². The summed E-state index contributed by atoms with van der Waals surface area (Å²) in [6.45, 7) is 2.07. The number of anilines is 1. The Kier molecular flexibility index (Phi) is 5.44. The molecule has 0 aliphatic rings. The molecule has 1 rings (SSSR count). The van der Waals surface area contributed by atoms with Gasteiger partial charge >= 0.3 is 0 Å². The van der Waals surface area contributed by atoms with Crippen LogP contribution in [0.4, 0.5) is 5.69 Å². The van der Waals surface area contributed by atoms with E-state index in [0.717, 1.165) is 12.1 Å². The SMILES string of the molecule is CCc1cccc(NC(=O)CSCC#N)c1. The second-order valence-electron chi connectivity index (χ2n) is 3.25. The number of nitrogens with zero attached hydrogens (tertiary/aromatic N) is 1. The Morgan fingerprint density at radius 2 is 2.38 bits per heavy atom. The van der Waals surface area contributed by atoms with Crippen LogP contribution in [-0.4, -0.2) is 17.4 Å². The van der Waals surface area contributed by atoms with Gasteiger partial charge in [0, 0.05) is 5.69 Å². The molecule has 0 saturated heterocycles. The van der Waals surface area contributed by atoms with Gasteiger partial charge in [-0.3, -0.25) is 4.79 Å². The maximum atomic E-state index is 11.4. The molecule has 0 aliphatic heterocycles. The molecule has 0 saturated carbocycles. The molecule has 84 valence electrons. The number of benzene rings is 1. The Morgan fingerprint density at radius 1 is 1.56 bits per heavy atom. The van der Waals surface area contributed by atoms with Crippen molar-refractivity contribution in [1.29, 1.82) is 5.26 Å².